The molecule has 1 heterocycles. The second-order valence-electron chi connectivity index (χ2n) is 4.13. The molecule has 1 aromatic carbocycles. The van der Waals surface area contributed by atoms with Gasteiger partial charge in [0, 0.05) is 10.5 Å². The van der Waals surface area contributed by atoms with Crippen LogP contribution in [0.25, 0.3) is 0 Å². The number of guanidine groups is 1. The van der Waals surface area contributed by atoms with E-state index < -0.39 is 0 Å². The van der Waals surface area contributed by atoms with Gasteiger partial charge in [-0.3, -0.25) is 4.79 Å². The highest BCUT2D eigenvalue weighted by Crippen LogP contribution is 2.37. The number of rotatable bonds is 1. The summed E-state index contributed by atoms with van der Waals surface area (Å²) in [6.07, 6.45) is 1.18. The van der Waals surface area contributed by atoms with E-state index in [1.54, 1.807) is 17.8 Å². The lowest BCUT2D eigenvalue weighted by Gasteiger charge is -2.21. The number of carbonyl (C=O) groups excluding carboxylic acids is 1. The smallest absolute Gasteiger partial charge is 0.280 e. The van der Waals surface area contributed by atoms with Crippen LogP contribution in [0, 0.1) is 0 Å². The number of hydrogen-bond donors (Lipinski definition) is 2. The van der Waals surface area contributed by atoms with Crippen LogP contribution in [0.1, 0.15) is 35.2 Å². The summed E-state index contributed by atoms with van der Waals surface area (Å²) in [4.78, 5) is 16.4. The summed E-state index contributed by atoms with van der Waals surface area (Å²) in [5.74, 6) is 1.06. The molecular weight excluding hydrogens is 234 g/mol. The lowest BCUT2D eigenvalue weighted by atomic mass is 9.97. The van der Waals surface area contributed by atoms with Crippen molar-refractivity contribution in [2.24, 2.45) is 16.5 Å². The third kappa shape index (κ3) is 2.61. The molecule has 1 amide bonds. The van der Waals surface area contributed by atoms with E-state index in [0.717, 1.165) is 5.75 Å². The Labute approximate surface area is 104 Å². The number of amides is 1. The molecule has 0 bridgehead atoms. The van der Waals surface area contributed by atoms with Crippen LogP contribution in [0.2, 0.25) is 0 Å². The van der Waals surface area contributed by atoms with Crippen molar-refractivity contribution in [1.82, 2.24) is 0 Å². The van der Waals surface area contributed by atoms with Gasteiger partial charge in [0.1, 0.15) is 0 Å². The van der Waals surface area contributed by atoms with Gasteiger partial charge in [-0.05, 0) is 35.8 Å². The van der Waals surface area contributed by atoms with Crippen molar-refractivity contribution in [3.05, 3.63) is 29.3 Å². The average Bonchev–Trinajstić information content (AvgIpc) is 2.28. The molecule has 0 aliphatic carbocycles. The van der Waals surface area contributed by atoms with Crippen molar-refractivity contribution >= 4 is 23.6 Å². The summed E-state index contributed by atoms with van der Waals surface area (Å²) < 4.78 is 0. The minimum absolute atomic E-state index is 0.200. The molecule has 17 heavy (non-hydrogen) atoms. The molecular formula is C12H15N3OS. The Kier molecular flexibility index (Phi) is 3.38. The van der Waals surface area contributed by atoms with Crippen molar-refractivity contribution in [1.29, 1.82) is 0 Å². The summed E-state index contributed by atoms with van der Waals surface area (Å²) in [6, 6.07) is 5.67. The molecule has 5 heteroatoms. The normalized spacial score (nSPS) is 18.3. The van der Waals surface area contributed by atoms with Gasteiger partial charge in [0.05, 0.1) is 0 Å². The minimum Gasteiger partial charge on any atom is -0.370 e. The van der Waals surface area contributed by atoms with Gasteiger partial charge in [0.25, 0.3) is 5.91 Å². The Morgan fingerprint density at radius 1 is 1.47 bits per heavy atom. The quantitative estimate of drug-likeness (QED) is 0.586. The van der Waals surface area contributed by atoms with E-state index in [-0.39, 0.29) is 11.9 Å². The molecule has 4 nitrogen and oxygen atoms in total. The SMILES string of the molecule is CC1CCSc2cc(C(=O)N=C(N)N)ccc21. The first-order valence-corrected chi connectivity index (χ1v) is 6.47. The molecule has 1 atom stereocenters. The molecule has 1 aliphatic rings. The fourth-order valence-corrected chi connectivity index (χ4v) is 3.22. The maximum Gasteiger partial charge on any atom is 0.280 e. The topological polar surface area (TPSA) is 81.5 Å². The lowest BCUT2D eigenvalue weighted by Crippen LogP contribution is -2.24. The van der Waals surface area contributed by atoms with E-state index in [0.29, 0.717) is 11.5 Å². The molecule has 1 aromatic rings. The molecule has 0 aromatic heterocycles. The second kappa shape index (κ2) is 4.79. The summed E-state index contributed by atoms with van der Waals surface area (Å²) in [6.45, 7) is 2.20. The van der Waals surface area contributed by atoms with Crippen molar-refractivity contribution in [2.75, 3.05) is 5.75 Å². The molecule has 1 unspecified atom stereocenters. The van der Waals surface area contributed by atoms with Gasteiger partial charge in [-0.25, -0.2) is 0 Å². The van der Waals surface area contributed by atoms with E-state index in [4.69, 9.17) is 11.5 Å². The van der Waals surface area contributed by atoms with Crippen LogP contribution in [0.15, 0.2) is 28.1 Å². The molecule has 0 fully saturated rings. The number of aliphatic imine (C=N–C) groups is 1. The highest BCUT2D eigenvalue weighted by Gasteiger charge is 2.18. The van der Waals surface area contributed by atoms with Gasteiger partial charge in [-0.15, -0.1) is 11.8 Å². The monoisotopic (exact) mass is 249 g/mol. The number of carbonyl (C=O) groups is 1. The van der Waals surface area contributed by atoms with Crippen LogP contribution < -0.4 is 11.5 Å². The maximum atomic E-state index is 11.7. The van der Waals surface area contributed by atoms with Gasteiger partial charge in [-0.1, -0.05) is 13.0 Å². The summed E-state index contributed by atoms with van der Waals surface area (Å²) in [7, 11) is 0. The predicted octanol–water partition coefficient (Wildman–Crippen LogP) is 1.70. The fraction of sp³-hybridized carbons (Fsp3) is 0.333. The first kappa shape index (κ1) is 12.0. The highest BCUT2D eigenvalue weighted by atomic mass is 32.2. The van der Waals surface area contributed by atoms with E-state index in [1.807, 2.05) is 12.1 Å². The molecule has 4 N–H and O–H groups in total. The van der Waals surface area contributed by atoms with Gasteiger partial charge >= 0.3 is 0 Å². The van der Waals surface area contributed by atoms with Crippen LogP contribution in [0.3, 0.4) is 0 Å². The number of thioether (sulfide) groups is 1. The average molecular weight is 249 g/mol. The Balaban J connectivity index is 2.33. The Morgan fingerprint density at radius 2 is 2.24 bits per heavy atom. The first-order valence-electron chi connectivity index (χ1n) is 5.48. The minimum atomic E-state index is -0.383. The summed E-state index contributed by atoms with van der Waals surface area (Å²) in [5.41, 5.74) is 12.2. The number of nitrogens with zero attached hydrogens (tertiary/aromatic N) is 1. The van der Waals surface area contributed by atoms with Crippen LogP contribution in [0.5, 0.6) is 0 Å². The molecule has 1 aliphatic heterocycles. The number of fused-ring (bicyclic) bond motifs is 1. The van der Waals surface area contributed by atoms with E-state index in [9.17, 15) is 4.79 Å². The fourth-order valence-electron chi connectivity index (χ4n) is 1.88. The largest absolute Gasteiger partial charge is 0.370 e. The third-order valence-electron chi connectivity index (χ3n) is 2.83. The van der Waals surface area contributed by atoms with E-state index in [2.05, 4.69) is 11.9 Å². The van der Waals surface area contributed by atoms with Gasteiger partial charge in [0.2, 0.25) is 0 Å². The Morgan fingerprint density at radius 3 is 2.94 bits per heavy atom. The van der Waals surface area contributed by atoms with Gasteiger partial charge < -0.3 is 11.5 Å². The lowest BCUT2D eigenvalue weighted by molar-refractivity contribution is 0.100. The van der Waals surface area contributed by atoms with Crippen molar-refractivity contribution in [2.45, 2.75) is 24.2 Å². The Hall–Kier alpha value is -1.49. The van der Waals surface area contributed by atoms with Crippen LogP contribution in [-0.2, 0) is 0 Å². The van der Waals surface area contributed by atoms with Crippen molar-refractivity contribution < 1.29 is 4.79 Å². The van der Waals surface area contributed by atoms with Crippen LogP contribution >= 0.6 is 11.8 Å². The third-order valence-corrected chi connectivity index (χ3v) is 3.93. The zero-order chi connectivity index (χ0) is 12.4. The number of hydrogen-bond acceptors (Lipinski definition) is 2. The van der Waals surface area contributed by atoms with E-state index in [1.165, 1.54) is 16.9 Å². The van der Waals surface area contributed by atoms with Crippen LogP contribution in [-0.4, -0.2) is 17.6 Å². The predicted molar refractivity (Wildman–Crippen MR) is 70.3 cm³/mol. The Bertz CT molecular complexity index is 481. The molecule has 2 rings (SSSR count). The summed E-state index contributed by atoms with van der Waals surface area (Å²) >= 11 is 1.78. The van der Waals surface area contributed by atoms with Crippen molar-refractivity contribution in [3.63, 3.8) is 0 Å². The molecule has 0 saturated heterocycles. The number of nitrogens with two attached hydrogens (primary N) is 2. The molecule has 0 spiro atoms. The zero-order valence-electron chi connectivity index (χ0n) is 9.64. The number of benzene rings is 1. The van der Waals surface area contributed by atoms with Crippen molar-refractivity contribution in [3.8, 4) is 0 Å². The first-order chi connectivity index (χ1) is 8.08. The van der Waals surface area contributed by atoms with E-state index >= 15 is 0 Å². The zero-order valence-corrected chi connectivity index (χ0v) is 10.5. The second-order valence-corrected chi connectivity index (χ2v) is 5.27. The van der Waals surface area contributed by atoms with Gasteiger partial charge in [0.15, 0.2) is 5.96 Å². The standard InChI is InChI=1S/C12H15N3OS/c1-7-4-5-17-10-6-8(2-3-9(7)10)11(16)15-12(13)14/h2-3,6-7H,4-5H2,1H3,(H4,13,14,15,16). The molecule has 0 radical (unpaired) electrons. The maximum absolute atomic E-state index is 11.7. The molecule has 0 saturated carbocycles. The van der Waals surface area contributed by atoms with Gasteiger partial charge in [-0.2, -0.15) is 4.99 Å². The van der Waals surface area contributed by atoms with Crippen LogP contribution in [0.4, 0.5) is 0 Å². The highest BCUT2D eigenvalue weighted by molar-refractivity contribution is 7.99. The molecule has 90 valence electrons. The summed E-state index contributed by atoms with van der Waals surface area (Å²) in [5, 5.41) is 0.